The van der Waals surface area contributed by atoms with Gasteiger partial charge in [0.15, 0.2) is 0 Å². The second kappa shape index (κ2) is 7.17. The average molecular weight is 338 g/mol. The lowest BCUT2D eigenvalue weighted by Crippen LogP contribution is -2.41. The lowest BCUT2D eigenvalue weighted by atomic mass is 10.1. The summed E-state index contributed by atoms with van der Waals surface area (Å²) in [6, 6.07) is 15.0. The van der Waals surface area contributed by atoms with Crippen LogP contribution in [0.3, 0.4) is 0 Å². The zero-order chi connectivity index (χ0) is 17.8. The van der Waals surface area contributed by atoms with E-state index in [1.807, 2.05) is 30.3 Å². The van der Waals surface area contributed by atoms with Crippen molar-refractivity contribution in [2.45, 2.75) is 18.9 Å². The Morgan fingerprint density at radius 3 is 2.40 bits per heavy atom. The highest BCUT2D eigenvalue weighted by molar-refractivity contribution is 6.07. The molecule has 128 valence electrons. The summed E-state index contributed by atoms with van der Waals surface area (Å²) in [5.41, 5.74) is 1.68. The first-order valence-electron chi connectivity index (χ1n) is 7.96. The van der Waals surface area contributed by atoms with Crippen molar-refractivity contribution in [2.24, 2.45) is 0 Å². The van der Waals surface area contributed by atoms with Gasteiger partial charge in [0.1, 0.15) is 6.04 Å². The molecule has 1 fully saturated rings. The van der Waals surface area contributed by atoms with E-state index in [0.29, 0.717) is 29.8 Å². The molecule has 1 saturated heterocycles. The summed E-state index contributed by atoms with van der Waals surface area (Å²) in [5.74, 6) is -0.748. The first-order chi connectivity index (χ1) is 12.1. The molecule has 25 heavy (non-hydrogen) atoms. The summed E-state index contributed by atoms with van der Waals surface area (Å²) in [6.45, 7) is 0. The van der Waals surface area contributed by atoms with Crippen LogP contribution in [0.4, 0.5) is 11.4 Å². The number of anilines is 2. The van der Waals surface area contributed by atoms with Gasteiger partial charge >= 0.3 is 5.97 Å². The van der Waals surface area contributed by atoms with Crippen molar-refractivity contribution >= 4 is 29.2 Å². The van der Waals surface area contributed by atoms with E-state index in [4.69, 9.17) is 0 Å². The van der Waals surface area contributed by atoms with E-state index >= 15 is 0 Å². The van der Waals surface area contributed by atoms with E-state index < -0.39 is 12.0 Å². The number of para-hydroxylation sites is 1. The maximum Gasteiger partial charge on any atom is 0.337 e. The summed E-state index contributed by atoms with van der Waals surface area (Å²) >= 11 is 0. The van der Waals surface area contributed by atoms with Crippen LogP contribution in [0.25, 0.3) is 0 Å². The number of carbonyl (C=O) groups excluding carboxylic acids is 3. The minimum atomic E-state index is -0.546. The number of ether oxygens (including phenoxy) is 1. The molecule has 0 radical (unpaired) electrons. The molecular weight excluding hydrogens is 320 g/mol. The SMILES string of the molecule is COC(=O)c1ccc(NC(=O)C2CCC(=O)N2c2ccccc2)cc1. The molecule has 1 atom stereocenters. The predicted molar refractivity (Wildman–Crippen MR) is 93.4 cm³/mol. The molecule has 1 unspecified atom stereocenters. The molecule has 0 aliphatic carbocycles. The van der Waals surface area contributed by atoms with Crippen LogP contribution >= 0.6 is 0 Å². The molecule has 1 aliphatic rings. The van der Waals surface area contributed by atoms with Gasteiger partial charge in [-0.15, -0.1) is 0 Å². The van der Waals surface area contributed by atoms with Gasteiger partial charge < -0.3 is 10.1 Å². The van der Waals surface area contributed by atoms with E-state index in [-0.39, 0.29) is 11.8 Å². The summed E-state index contributed by atoms with van der Waals surface area (Å²) in [4.78, 5) is 37.8. The van der Waals surface area contributed by atoms with Crippen molar-refractivity contribution in [3.05, 3.63) is 60.2 Å². The quantitative estimate of drug-likeness (QED) is 0.870. The average Bonchev–Trinajstić information content (AvgIpc) is 3.04. The Hall–Kier alpha value is -3.15. The van der Waals surface area contributed by atoms with Gasteiger partial charge in [-0.1, -0.05) is 18.2 Å². The van der Waals surface area contributed by atoms with Crippen molar-refractivity contribution in [1.29, 1.82) is 0 Å². The largest absolute Gasteiger partial charge is 0.465 e. The maximum absolute atomic E-state index is 12.6. The maximum atomic E-state index is 12.6. The molecule has 0 saturated carbocycles. The smallest absolute Gasteiger partial charge is 0.337 e. The van der Waals surface area contributed by atoms with Gasteiger partial charge in [-0.3, -0.25) is 14.5 Å². The van der Waals surface area contributed by atoms with Crippen LogP contribution < -0.4 is 10.2 Å². The van der Waals surface area contributed by atoms with Gasteiger partial charge in [0.2, 0.25) is 11.8 Å². The van der Waals surface area contributed by atoms with Gasteiger partial charge in [-0.25, -0.2) is 4.79 Å². The number of rotatable bonds is 4. The number of hydrogen-bond donors (Lipinski definition) is 1. The number of nitrogens with one attached hydrogen (secondary N) is 1. The van der Waals surface area contributed by atoms with Crippen molar-refractivity contribution < 1.29 is 19.1 Å². The highest BCUT2D eigenvalue weighted by atomic mass is 16.5. The van der Waals surface area contributed by atoms with Crippen LogP contribution in [-0.2, 0) is 14.3 Å². The zero-order valence-electron chi connectivity index (χ0n) is 13.8. The third-order valence-corrected chi connectivity index (χ3v) is 4.12. The van der Waals surface area contributed by atoms with Gasteiger partial charge in [0, 0.05) is 17.8 Å². The van der Waals surface area contributed by atoms with Crippen LogP contribution in [0, 0.1) is 0 Å². The molecule has 0 aromatic heterocycles. The van der Waals surface area contributed by atoms with Gasteiger partial charge in [-0.2, -0.15) is 0 Å². The number of hydrogen-bond acceptors (Lipinski definition) is 4. The normalized spacial score (nSPS) is 16.6. The minimum Gasteiger partial charge on any atom is -0.465 e. The third-order valence-electron chi connectivity index (χ3n) is 4.12. The number of esters is 1. The van der Waals surface area contributed by atoms with Gasteiger partial charge in [0.25, 0.3) is 0 Å². The second-order valence-corrected chi connectivity index (χ2v) is 5.71. The van der Waals surface area contributed by atoms with Crippen LogP contribution in [0.1, 0.15) is 23.2 Å². The molecule has 2 aromatic carbocycles. The molecule has 6 nitrogen and oxygen atoms in total. The molecule has 1 N–H and O–H groups in total. The van der Waals surface area contributed by atoms with E-state index in [2.05, 4.69) is 10.1 Å². The highest BCUT2D eigenvalue weighted by Gasteiger charge is 2.37. The minimum absolute atomic E-state index is 0.0626. The Labute approximate surface area is 145 Å². The monoisotopic (exact) mass is 338 g/mol. The molecule has 2 amide bonds. The Kier molecular flexibility index (Phi) is 4.79. The molecule has 1 aliphatic heterocycles. The molecule has 0 spiro atoms. The van der Waals surface area contributed by atoms with Crippen molar-refractivity contribution in [3.8, 4) is 0 Å². The van der Waals surface area contributed by atoms with E-state index in [0.717, 1.165) is 0 Å². The van der Waals surface area contributed by atoms with Crippen LogP contribution in [0.2, 0.25) is 0 Å². The Morgan fingerprint density at radius 2 is 1.76 bits per heavy atom. The third kappa shape index (κ3) is 3.52. The van der Waals surface area contributed by atoms with Gasteiger partial charge in [-0.05, 0) is 42.8 Å². The standard InChI is InChI=1S/C19H18N2O4/c1-25-19(24)13-7-9-14(10-8-13)20-18(23)16-11-12-17(22)21(16)15-5-3-2-4-6-15/h2-10,16H,11-12H2,1H3,(H,20,23). The molecule has 0 bridgehead atoms. The molecule has 3 rings (SSSR count). The predicted octanol–water partition coefficient (Wildman–Crippen LogP) is 2.61. The van der Waals surface area contributed by atoms with Crippen molar-refractivity contribution in [3.63, 3.8) is 0 Å². The fourth-order valence-corrected chi connectivity index (χ4v) is 2.88. The van der Waals surface area contributed by atoms with E-state index in [1.54, 1.807) is 24.3 Å². The number of amides is 2. The topological polar surface area (TPSA) is 75.7 Å². The summed E-state index contributed by atoms with van der Waals surface area (Å²) < 4.78 is 4.64. The number of methoxy groups -OCH3 is 1. The molecule has 6 heteroatoms. The Morgan fingerprint density at radius 1 is 1.08 bits per heavy atom. The Balaban J connectivity index is 1.74. The van der Waals surface area contributed by atoms with E-state index in [1.165, 1.54) is 12.0 Å². The summed E-state index contributed by atoms with van der Waals surface area (Å²) in [6.07, 6.45) is 0.814. The second-order valence-electron chi connectivity index (χ2n) is 5.71. The number of benzene rings is 2. The zero-order valence-corrected chi connectivity index (χ0v) is 13.8. The summed E-state index contributed by atoms with van der Waals surface area (Å²) in [7, 11) is 1.31. The first-order valence-corrected chi connectivity index (χ1v) is 7.96. The Bertz CT molecular complexity index is 787. The van der Waals surface area contributed by atoms with Crippen LogP contribution in [0.15, 0.2) is 54.6 Å². The fourth-order valence-electron chi connectivity index (χ4n) is 2.88. The van der Waals surface area contributed by atoms with Crippen molar-refractivity contribution in [1.82, 2.24) is 0 Å². The first kappa shape index (κ1) is 16.7. The fraction of sp³-hybridized carbons (Fsp3) is 0.211. The summed E-state index contributed by atoms with van der Waals surface area (Å²) in [5, 5.41) is 2.80. The van der Waals surface area contributed by atoms with Crippen LogP contribution in [0.5, 0.6) is 0 Å². The van der Waals surface area contributed by atoms with Crippen LogP contribution in [-0.4, -0.2) is 30.9 Å². The number of nitrogens with zero attached hydrogens (tertiary/aromatic N) is 1. The van der Waals surface area contributed by atoms with Crippen molar-refractivity contribution in [2.75, 3.05) is 17.3 Å². The molecule has 2 aromatic rings. The highest BCUT2D eigenvalue weighted by Crippen LogP contribution is 2.27. The molecular formula is C19H18N2O4. The lowest BCUT2D eigenvalue weighted by molar-refractivity contribution is -0.120. The molecule has 1 heterocycles. The van der Waals surface area contributed by atoms with E-state index in [9.17, 15) is 14.4 Å². The number of carbonyl (C=O) groups is 3. The van der Waals surface area contributed by atoms with Gasteiger partial charge in [0.05, 0.1) is 12.7 Å². The lowest BCUT2D eigenvalue weighted by Gasteiger charge is -2.24.